The van der Waals surface area contributed by atoms with Crippen molar-refractivity contribution in [2.75, 3.05) is 0 Å². The van der Waals surface area contributed by atoms with E-state index in [0.29, 0.717) is 0 Å². The molecule has 1 aromatic rings. The van der Waals surface area contributed by atoms with Crippen molar-refractivity contribution >= 4 is 21.6 Å². The van der Waals surface area contributed by atoms with Gasteiger partial charge in [0.15, 0.2) is 0 Å². The lowest BCUT2D eigenvalue weighted by Crippen LogP contribution is -2.13. The van der Waals surface area contributed by atoms with Crippen molar-refractivity contribution in [2.45, 2.75) is 6.92 Å². The van der Waals surface area contributed by atoms with Crippen LogP contribution in [0.3, 0.4) is 0 Å². The number of aryl methyl sites for hydroxylation is 1. The van der Waals surface area contributed by atoms with Crippen LogP contribution in [-0.2, 0) is 4.84 Å². The second kappa shape index (κ2) is 3.84. The second-order valence-electron chi connectivity index (χ2n) is 2.98. The van der Waals surface area contributed by atoms with Gasteiger partial charge in [-0.15, -0.1) is 0 Å². The molecule has 0 bridgehead atoms. The van der Waals surface area contributed by atoms with Crippen LogP contribution in [0.5, 0.6) is 0 Å². The third kappa shape index (κ3) is 1.96. The van der Waals surface area contributed by atoms with Crippen LogP contribution in [0.4, 0.5) is 0 Å². The zero-order chi connectivity index (χ0) is 9.97. The van der Waals surface area contributed by atoms with Gasteiger partial charge in [-0.2, -0.15) is 0 Å². The normalized spacial score (nSPS) is 14.3. The Morgan fingerprint density at radius 1 is 1.43 bits per heavy atom. The number of hydroxylamine groups is 1. The molecule has 0 fully saturated rings. The van der Waals surface area contributed by atoms with Crippen molar-refractivity contribution in [1.29, 1.82) is 0 Å². The first-order valence-corrected chi connectivity index (χ1v) is 4.98. The Morgan fingerprint density at radius 3 is 2.93 bits per heavy atom. The average molecular weight is 253 g/mol. The summed E-state index contributed by atoms with van der Waals surface area (Å²) in [5.74, 6) is 0. The molecular formula is C10H9BrN2O. The third-order valence-electron chi connectivity index (χ3n) is 1.79. The SMILES string of the molecule is Cc1cc(Br)nc(C2=CC=CON2)c1. The first kappa shape index (κ1) is 9.27. The third-order valence-corrected chi connectivity index (χ3v) is 2.20. The maximum atomic E-state index is 4.96. The van der Waals surface area contributed by atoms with Gasteiger partial charge in [0.05, 0.1) is 11.4 Å². The zero-order valence-electron chi connectivity index (χ0n) is 7.62. The predicted octanol–water partition coefficient (Wildman–Crippen LogP) is 2.54. The summed E-state index contributed by atoms with van der Waals surface area (Å²) in [5, 5.41) is 0. The minimum absolute atomic E-state index is 0.824. The van der Waals surface area contributed by atoms with E-state index in [0.717, 1.165) is 21.6 Å². The zero-order valence-corrected chi connectivity index (χ0v) is 9.21. The number of allylic oxidation sites excluding steroid dienone is 2. The minimum Gasteiger partial charge on any atom is -0.390 e. The number of nitrogens with one attached hydrogen (secondary N) is 1. The van der Waals surface area contributed by atoms with Crippen molar-refractivity contribution < 1.29 is 4.84 Å². The van der Waals surface area contributed by atoms with Gasteiger partial charge in [0, 0.05) is 0 Å². The van der Waals surface area contributed by atoms with Crippen LogP contribution in [0.15, 0.2) is 35.2 Å². The van der Waals surface area contributed by atoms with Gasteiger partial charge < -0.3 is 4.84 Å². The Hall–Kier alpha value is -1.29. The standard InChI is InChI=1S/C10H9BrN2O/c1-7-5-9(12-10(11)6-7)8-3-2-4-14-13-8/h2-6,13H,1H3. The summed E-state index contributed by atoms with van der Waals surface area (Å²) in [5.41, 5.74) is 5.65. The lowest BCUT2D eigenvalue weighted by atomic mass is 10.2. The molecule has 1 aliphatic heterocycles. The van der Waals surface area contributed by atoms with Gasteiger partial charge in [-0.3, -0.25) is 0 Å². The number of pyridine rings is 1. The predicted molar refractivity (Wildman–Crippen MR) is 58.0 cm³/mol. The highest BCUT2D eigenvalue weighted by Crippen LogP contribution is 2.17. The van der Waals surface area contributed by atoms with Gasteiger partial charge in [-0.1, -0.05) is 0 Å². The summed E-state index contributed by atoms with van der Waals surface area (Å²) in [6.45, 7) is 2.02. The Bertz CT molecular complexity index is 392. The Morgan fingerprint density at radius 2 is 2.29 bits per heavy atom. The van der Waals surface area contributed by atoms with Gasteiger partial charge in [0.25, 0.3) is 0 Å². The molecule has 0 amide bonds. The number of rotatable bonds is 1. The molecule has 3 nitrogen and oxygen atoms in total. The maximum absolute atomic E-state index is 4.96. The van der Waals surface area contributed by atoms with Crippen LogP contribution in [0.25, 0.3) is 5.70 Å². The Labute approximate surface area is 90.6 Å². The molecule has 0 saturated carbocycles. The van der Waals surface area contributed by atoms with E-state index < -0.39 is 0 Å². The van der Waals surface area contributed by atoms with Crippen molar-refractivity contribution in [3.63, 3.8) is 0 Å². The van der Waals surface area contributed by atoms with Crippen molar-refractivity contribution in [3.8, 4) is 0 Å². The van der Waals surface area contributed by atoms with E-state index in [1.54, 1.807) is 6.26 Å². The highest BCUT2D eigenvalue weighted by molar-refractivity contribution is 9.10. The van der Waals surface area contributed by atoms with E-state index >= 15 is 0 Å². The molecule has 1 aliphatic rings. The molecule has 2 heterocycles. The molecule has 0 atom stereocenters. The molecule has 0 aliphatic carbocycles. The van der Waals surface area contributed by atoms with Crippen LogP contribution in [0.1, 0.15) is 11.3 Å². The number of hydrogen-bond donors (Lipinski definition) is 1. The largest absolute Gasteiger partial charge is 0.390 e. The molecule has 72 valence electrons. The lowest BCUT2D eigenvalue weighted by molar-refractivity contribution is 0.181. The summed E-state index contributed by atoms with van der Waals surface area (Å²) in [7, 11) is 0. The van der Waals surface area contributed by atoms with Gasteiger partial charge in [0.2, 0.25) is 0 Å². The van der Waals surface area contributed by atoms with Crippen molar-refractivity contribution in [3.05, 3.63) is 46.4 Å². The summed E-state index contributed by atoms with van der Waals surface area (Å²) in [6.07, 6.45) is 5.32. The molecule has 2 rings (SSSR count). The van der Waals surface area contributed by atoms with Gasteiger partial charge in [-0.25, -0.2) is 10.5 Å². The van der Waals surface area contributed by atoms with Crippen LogP contribution >= 0.6 is 15.9 Å². The van der Waals surface area contributed by atoms with E-state index in [2.05, 4.69) is 26.4 Å². The van der Waals surface area contributed by atoms with E-state index in [4.69, 9.17) is 4.84 Å². The summed E-state index contributed by atoms with van der Waals surface area (Å²) in [4.78, 5) is 9.29. The molecule has 0 saturated heterocycles. The van der Waals surface area contributed by atoms with E-state index in [1.165, 1.54) is 0 Å². The second-order valence-corrected chi connectivity index (χ2v) is 3.79. The summed E-state index contributed by atoms with van der Waals surface area (Å²) in [6, 6.07) is 3.95. The summed E-state index contributed by atoms with van der Waals surface area (Å²) < 4.78 is 0.824. The van der Waals surface area contributed by atoms with Crippen LogP contribution in [-0.4, -0.2) is 4.98 Å². The fraction of sp³-hybridized carbons (Fsp3) is 0.100. The highest BCUT2D eigenvalue weighted by atomic mass is 79.9. The molecule has 1 N–H and O–H groups in total. The highest BCUT2D eigenvalue weighted by Gasteiger charge is 2.06. The fourth-order valence-electron chi connectivity index (χ4n) is 1.21. The molecule has 0 unspecified atom stereocenters. The molecule has 0 radical (unpaired) electrons. The van der Waals surface area contributed by atoms with Gasteiger partial charge in [0.1, 0.15) is 10.9 Å². The molecule has 14 heavy (non-hydrogen) atoms. The topological polar surface area (TPSA) is 34.1 Å². The monoisotopic (exact) mass is 252 g/mol. The Kier molecular flexibility index (Phi) is 2.54. The van der Waals surface area contributed by atoms with Gasteiger partial charge >= 0.3 is 0 Å². The van der Waals surface area contributed by atoms with Crippen LogP contribution < -0.4 is 5.48 Å². The number of halogens is 1. The first-order chi connectivity index (χ1) is 6.75. The smallest absolute Gasteiger partial charge is 0.119 e. The average Bonchev–Trinajstić information content (AvgIpc) is 2.18. The van der Waals surface area contributed by atoms with Gasteiger partial charge in [-0.05, 0) is 52.7 Å². The van der Waals surface area contributed by atoms with E-state index in [1.807, 2.05) is 31.2 Å². The van der Waals surface area contributed by atoms with Crippen LogP contribution in [0, 0.1) is 6.92 Å². The number of hydrogen-bond acceptors (Lipinski definition) is 3. The lowest BCUT2D eigenvalue weighted by Gasteiger charge is -2.12. The quantitative estimate of drug-likeness (QED) is 0.781. The molecule has 4 heteroatoms. The Balaban J connectivity index is 2.40. The number of nitrogens with zero attached hydrogens (tertiary/aromatic N) is 1. The molecule has 1 aromatic heterocycles. The molecule has 0 aromatic carbocycles. The molecular weight excluding hydrogens is 244 g/mol. The van der Waals surface area contributed by atoms with Crippen molar-refractivity contribution in [2.24, 2.45) is 0 Å². The fourth-order valence-corrected chi connectivity index (χ4v) is 1.76. The molecule has 0 spiro atoms. The van der Waals surface area contributed by atoms with Crippen molar-refractivity contribution in [1.82, 2.24) is 10.5 Å². The maximum Gasteiger partial charge on any atom is 0.119 e. The first-order valence-electron chi connectivity index (χ1n) is 4.19. The van der Waals surface area contributed by atoms with E-state index in [9.17, 15) is 0 Å². The van der Waals surface area contributed by atoms with E-state index in [-0.39, 0.29) is 0 Å². The minimum atomic E-state index is 0.824. The number of aromatic nitrogens is 1. The summed E-state index contributed by atoms with van der Waals surface area (Å²) >= 11 is 3.35. The van der Waals surface area contributed by atoms with Crippen LogP contribution in [0.2, 0.25) is 0 Å².